The van der Waals surface area contributed by atoms with Crippen LogP contribution in [0.1, 0.15) is 17.3 Å². The number of hydrogen-bond donors (Lipinski definition) is 2. The molecule has 26 heavy (non-hydrogen) atoms. The van der Waals surface area contributed by atoms with Gasteiger partial charge in [-0.3, -0.25) is 9.59 Å². The Balaban J connectivity index is 1.81. The van der Waals surface area contributed by atoms with Crippen molar-refractivity contribution < 1.29 is 23.5 Å². The van der Waals surface area contributed by atoms with E-state index in [0.29, 0.717) is 5.56 Å². The number of ether oxygens (including phenoxy) is 1. The standard InChI is InChI=1S/C18H16ClFN2O4/c1-11(21-17(24)12-5-3-2-4-6-12)18(25)26-10-16(23)22-15-8-7-13(20)9-14(15)19/h2-9,11H,10H2,1H3,(H,21,24)(H,22,23). The fraction of sp³-hybridized carbons (Fsp3) is 0.167. The third-order valence-corrected chi connectivity index (χ3v) is 3.60. The molecule has 2 aromatic rings. The molecule has 0 spiro atoms. The van der Waals surface area contributed by atoms with Gasteiger partial charge >= 0.3 is 5.97 Å². The summed E-state index contributed by atoms with van der Waals surface area (Å²) in [5.41, 5.74) is 0.593. The van der Waals surface area contributed by atoms with E-state index in [1.165, 1.54) is 13.0 Å². The van der Waals surface area contributed by atoms with Gasteiger partial charge in [0.25, 0.3) is 11.8 Å². The van der Waals surface area contributed by atoms with Crippen LogP contribution in [-0.2, 0) is 14.3 Å². The molecule has 0 aliphatic carbocycles. The number of hydrogen-bond acceptors (Lipinski definition) is 4. The van der Waals surface area contributed by atoms with E-state index in [1.54, 1.807) is 30.3 Å². The number of amides is 2. The molecule has 0 radical (unpaired) electrons. The first kappa shape index (κ1) is 19.4. The van der Waals surface area contributed by atoms with Gasteiger partial charge in [-0.25, -0.2) is 9.18 Å². The Hall–Kier alpha value is -2.93. The summed E-state index contributed by atoms with van der Waals surface area (Å²) in [6.45, 7) is 0.871. The summed E-state index contributed by atoms with van der Waals surface area (Å²) < 4.78 is 17.8. The van der Waals surface area contributed by atoms with E-state index >= 15 is 0 Å². The van der Waals surface area contributed by atoms with Gasteiger partial charge in [0, 0.05) is 5.56 Å². The van der Waals surface area contributed by atoms with Gasteiger partial charge in [-0.2, -0.15) is 0 Å². The number of carbonyl (C=O) groups excluding carboxylic acids is 3. The van der Waals surface area contributed by atoms with Crippen molar-refractivity contribution in [3.05, 3.63) is 64.9 Å². The fourth-order valence-electron chi connectivity index (χ4n) is 1.97. The number of anilines is 1. The molecular formula is C18H16ClFN2O4. The monoisotopic (exact) mass is 378 g/mol. The molecule has 2 N–H and O–H groups in total. The van der Waals surface area contributed by atoms with E-state index in [9.17, 15) is 18.8 Å². The number of benzene rings is 2. The Morgan fingerprint density at radius 3 is 2.50 bits per heavy atom. The maximum absolute atomic E-state index is 13.0. The minimum Gasteiger partial charge on any atom is -0.454 e. The molecule has 0 aliphatic rings. The molecule has 1 atom stereocenters. The van der Waals surface area contributed by atoms with Crippen LogP contribution in [0.15, 0.2) is 48.5 Å². The minimum absolute atomic E-state index is 0.0215. The fourth-order valence-corrected chi connectivity index (χ4v) is 2.18. The third kappa shape index (κ3) is 5.56. The maximum atomic E-state index is 13.0. The van der Waals surface area contributed by atoms with Gasteiger partial charge in [0.15, 0.2) is 6.61 Å². The normalized spacial score (nSPS) is 11.3. The highest BCUT2D eigenvalue weighted by Gasteiger charge is 2.19. The van der Waals surface area contributed by atoms with Gasteiger partial charge in [-0.05, 0) is 37.3 Å². The highest BCUT2D eigenvalue weighted by Crippen LogP contribution is 2.22. The van der Waals surface area contributed by atoms with Crippen molar-refractivity contribution in [2.45, 2.75) is 13.0 Å². The van der Waals surface area contributed by atoms with Crippen molar-refractivity contribution in [2.24, 2.45) is 0 Å². The van der Waals surface area contributed by atoms with Crippen molar-refractivity contribution in [3.8, 4) is 0 Å². The Kier molecular flexibility index (Phi) is 6.68. The zero-order valence-corrected chi connectivity index (χ0v) is 14.5. The molecule has 1 unspecified atom stereocenters. The summed E-state index contributed by atoms with van der Waals surface area (Å²) in [7, 11) is 0. The Morgan fingerprint density at radius 1 is 1.15 bits per heavy atom. The van der Waals surface area contributed by atoms with Crippen LogP contribution < -0.4 is 10.6 Å². The van der Waals surface area contributed by atoms with E-state index in [4.69, 9.17) is 16.3 Å². The first-order valence-corrected chi connectivity index (χ1v) is 8.02. The lowest BCUT2D eigenvalue weighted by Crippen LogP contribution is -2.40. The van der Waals surface area contributed by atoms with Crippen molar-refractivity contribution >= 4 is 35.1 Å². The van der Waals surface area contributed by atoms with Gasteiger partial charge in [0.05, 0.1) is 10.7 Å². The molecule has 2 amide bonds. The molecule has 6 nitrogen and oxygen atoms in total. The Morgan fingerprint density at radius 2 is 1.85 bits per heavy atom. The average molecular weight is 379 g/mol. The summed E-state index contributed by atoms with van der Waals surface area (Å²) in [5, 5.41) is 4.89. The maximum Gasteiger partial charge on any atom is 0.328 e. The lowest BCUT2D eigenvalue weighted by Gasteiger charge is -2.13. The summed E-state index contributed by atoms with van der Waals surface area (Å²) >= 11 is 5.79. The second kappa shape index (κ2) is 8.96. The first-order chi connectivity index (χ1) is 12.4. The second-order valence-electron chi connectivity index (χ2n) is 5.34. The van der Waals surface area contributed by atoms with Gasteiger partial charge in [0.1, 0.15) is 11.9 Å². The summed E-state index contributed by atoms with van der Waals surface area (Å²) in [4.78, 5) is 35.6. The number of rotatable bonds is 6. The molecule has 136 valence electrons. The highest BCUT2D eigenvalue weighted by molar-refractivity contribution is 6.33. The molecule has 0 saturated carbocycles. The smallest absolute Gasteiger partial charge is 0.328 e. The van der Waals surface area contributed by atoms with E-state index in [2.05, 4.69) is 10.6 Å². The number of carbonyl (C=O) groups is 3. The molecule has 0 heterocycles. The van der Waals surface area contributed by atoms with Crippen LogP contribution in [0.5, 0.6) is 0 Å². The topological polar surface area (TPSA) is 84.5 Å². The molecule has 2 rings (SSSR count). The van der Waals surface area contributed by atoms with Crippen LogP contribution in [0, 0.1) is 5.82 Å². The van der Waals surface area contributed by atoms with Crippen molar-refractivity contribution in [2.75, 3.05) is 11.9 Å². The van der Waals surface area contributed by atoms with E-state index < -0.39 is 36.2 Å². The molecule has 0 aromatic heterocycles. The van der Waals surface area contributed by atoms with E-state index in [1.807, 2.05) is 0 Å². The number of halogens is 2. The summed E-state index contributed by atoms with van der Waals surface area (Å²) in [6, 6.07) is 10.9. The Labute approximate surface area is 154 Å². The van der Waals surface area contributed by atoms with Crippen LogP contribution in [0.2, 0.25) is 5.02 Å². The van der Waals surface area contributed by atoms with Gasteiger partial charge in [0.2, 0.25) is 0 Å². The number of esters is 1. The van der Waals surface area contributed by atoms with E-state index in [0.717, 1.165) is 12.1 Å². The third-order valence-electron chi connectivity index (χ3n) is 3.29. The summed E-state index contributed by atoms with van der Waals surface area (Å²) in [6.07, 6.45) is 0. The summed E-state index contributed by atoms with van der Waals surface area (Å²) in [5.74, 6) is -2.39. The average Bonchev–Trinajstić information content (AvgIpc) is 2.62. The predicted molar refractivity (Wildman–Crippen MR) is 94.4 cm³/mol. The quantitative estimate of drug-likeness (QED) is 0.757. The molecule has 2 aromatic carbocycles. The van der Waals surface area contributed by atoms with Crippen molar-refractivity contribution in [1.29, 1.82) is 0 Å². The molecule has 0 saturated heterocycles. The SMILES string of the molecule is CC(NC(=O)c1ccccc1)C(=O)OCC(=O)Nc1ccc(F)cc1Cl. The van der Waals surface area contributed by atoms with Gasteiger partial charge in [-0.1, -0.05) is 29.8 Å². The van der Waals surface area contributed by atoms with Crippen LogP contribution in [-0.4, -0.2) is 30.4 Å². The van der Waals surface area contributed by atoms with Crippen LogP contribution in [0.25, 0.3) is 0 Å². The lowest BCUT2D eigenvalue weighted by molar-refractivity contribution is -0.148. The van der Waals surface area contributed by atoms with Crippen molar-refractivity contribution in [3.63, 3.8) is 0 Å². The second-order valence-corrected chi connectivity index (χ2v) is 5.75. The van der Waals surface area contributed by atoms with Crippen LogP contribution in [0.4, 0.5) is 10.1 Å². The largest absolute Gasteiger partial charge is 0.454 e. The Bertz CT molecular complexity index is 814. The highest BCUT2D eigenvalue weighted by atomic mass is 35.5. The molecule has 0 bridgehead atoms. The zero-order chi connectivity index (χ0) is 19.1. The van der Waals surface area contributed by atoms with Gasteiger partial charge < -0.3 is 15.4 Å². The lowest BCUT2D eigenvalue weighted by atomic mass is 10.2. The van der Waals surface area contributed by atoms with Crippen molar-refractivity contribution in [1.82, 2.24) is 5.32 Å². The predicted octanol–water partition coefficient (Wildman–Crippen LogP) is 2.78. The molecule has 8 heteroatoms. The minimum atomic E-state index is -0.940. The zero-order valence-electron chi connectivity index (χ0n) is 13.8. The van der Waals surface area contributed by atoms with Gasteiger partial charge in [-0.15, -0.1) is 0 Å². The molecule has 0 aliphatic heterocycles. The first-order valence-electron chi connectivity index (χ1n) is 7.64. The van der Waals surface area contributed by atoms with Crippen LogP contribution in [0.3, 0.4) is 0 Å². The molecular weight excluding hydrogens is 363 g/mol. The number of nitrogens with one attached hydrogen (secondary N) is 2. The van der Waals surface area contributed by atoms with Crippen LogP contribution >= 0.6 is 11.6 Å². The molecule has 0 fully saturated rings. The van der Waals surface area contributed by atoms with E-state index in [-0.39, 0.29) is 10.7 Å².